The molecule has 7 heteroatoms. The first-order valence-electron chi connectivity index (χ1n) is 5.83. The van der Waals surface area contributed by atoms with Crippen LogP contribution in [0.4, 0.5) is 5.95 Å². The molecule has 0 aliphatic heterocycles. The van der Waals surface area contributed by atoms with Gasteiger partial charge >= 0.3 is 0 Å². The lowest BCUT2D eigenvalue weighted by Gasteiger charge is -2.15. The van der Waals surface area contributed by atoms with E-state index in [4.69, 9.17) is 21.1 Å². The molecule has 2 N–H and O–H groups in total. The molecule has 0 unspecified atom stereocenters. The second-order valence-electron chi connectivity index (χ2n) is 3.72. The first-order valence-corrected chi connectivity index (χ1v) is 6.20. The van der Waals surface area contributed by atoms with Crippen LogP contribution in [0.1, 0.15) is 12.5 Å². The van der Waals surface area contributed by atoms with Crippen LogP contribution in [0.15, 0.2) is 18.5 Å². The lowest BCUT2D eigenvalue weighted by Crippen LogP contribution is -2.05. The molecule has 1 aromatic heterocycles. The van der Waals surface area contributed by atoms with E-state index in [1.165, 1.54) is 6.33 Å². The molecule has 1 aromatic carbocycles. The number of aromatic nitrogens is 3. The van der Waals surface area contributed by atoms with Crippen LogP contribution in [-0.2, 0) is 6.54 Å². The molecule has 0 aliphatic rings. The van der Waals surface area contributed by atoms with Crippen molar-refractivity contribution in [1.82, 2.24) is 15.2 Å². The zero-order valence-electron chi connectivity index (χ0n) is 10.7. The van der Waals surface area contributed by atoms with Gasteiger partial charge in [-0.2, -0.15) is 5.10 Å². The second kappa shape index (κ2) is 6.29. The SMILES string of the molecule is CCOc1c(CNc2ncn[nH]2)cc(Cl)cc1OC. The van der Waals surface area contributed by atoms with Gasteiger partial charge in [0, 0.05) is 23.2 Å². The molecule has 2 aromatic rings. The highest BCUT2D eigenvalue weighted by Gasteiger charge is 2.12. The summed E-state index contributed by atoms with van der Waals surface area (Å²) in [6, 6.07) is 3.56. The van der Waals surface area contributed by atoms with Crippen LogP contribution in [0.25, 0.3) is 0 Å². The van der Waals surface area contributed by atoms with Crippen LogP contribution >= 0.6 is 11.6 Å². The zero-order chi connectivity index (χ0) is 13.7. The Balaban J connectivity index is 2.23. The van der Waals surface area contributed by atoms with Crippen molar-refractivity contribution in [3.63, 3.8) is 0 Å². The largest absolute Gasteiger partial charge is 0.493 e. The minimum absolute atomic E-state index is 0.501. The molecule has 0 aliphatic carbocycles. The number of H-pyrrole nitrogens is 1. The number of aromatic amines is 1. The Hall–Kier alpha value is -1.95. The third-order valence-corrected chi connectivity index (χ3v) is 2.68. The molecule has 102 valence electrons. The van der Waals surface area contributed by atoms with Crippen LogP contribution in [-0.4, -0.2) is 28.9 Å². The molecule has 0 fully saturated rings. The van der Waals surface area contributed by atoms with Crippen molar-refractivity contribution in [2.24, 2.45) is 0 Å². The Bertz CT molecular complexity index is 531. The summed E-state index contributed by atoms with van der Waals surface area (Å²) in [5, 5.41) is 10.2. The highest BCUT2D eigenvalue weighted by atomic mass is 35.5. The van der Waals surface area contributed by atoms with Crippen molar-refractivity contribution in [2.75, 3.05) is 19.0 Å². The third-order valence-electron chi connectivity index (χ3n) is 2.47. The number of halogens is 1. The van der Waals surface area contributed by atoms with Crippen LogP contribution in [0, 0.1) is 0 Å². The summed E-state index contributed by atoms with van der Waals surface area (Å²) < 4.78 is 10.9. The van der Waals surface area contributed by atoms with Crippen LogP contribution in [0.3, 0.4) is 0 Å². The van der Waals surface area contributed by atoms with Crippen molar-refractivity contribution in [3.8, 4) is 11.5 Å². The fourth-order valence-corrected chi connectivity index (χ4v) is 1.91. The maximum absolute atomic E-state index is 6.06. The van der Waals surface area contributed by atoms with Crippen LogP contribution in [0.5, 0.6) is 11.5 Å². The number of nitrogens with one attached hydrogen (secondary N) is 2. The summed E-state index contributed by atoms with van der Waals surface area (Å²) in [5.74, 6) is 1.88. The quantitative estimate of drug-likeness (QED) is 0.851. The Morgan fingerprint density at radius 2 is 2.26 bits per heavy atom. The number of rotatable bonds is 6. The number of hydrogen-bond donors (Lipinski definition) is 2. The fourth-order valence-electron chi connectivity index (χ4n) is 1.68. The normalized spacial score (nSPS) is 10.3. The molecule has 6 nitrogen and oxygen atoms in total. The summed E-state index contributed by atoms with van der Waals surface area (Å²) >= 11 is 6.06. The van der Waals surface area contributed by atoms with Gasteiger partial charge in [-0.1, -0.05) is 11.6 Å². The van der Waals surface area contributed by atoms with Gasteiger partial charge in [0.15, 0.2) is 11.5 Å². The molecule has 1 heterocycles. The molecule has 0 saturated carbocycles. The Labute approximate surface area is 116 Å². The first-order chi connectivity index (χ1) is 9.24. The Morgan fingerprint density at radius 1 is 1.42 bits per heavy atom. The van der Waals surface area contributed by atoms with Gasteiger partial charge < -0.3 is 14.8 Å². The van der Waals surface area contributed by atoms with Crippen molar-refractivity contribution in [2.45, 2.75) is 13.5 Å². The molecular weight excluding hydrogens is 268 g/mol. The van der Waals surface area contributed by atoms with E-state index < -0.39 is 0 Å². The number of ether oxygens (including phenoxy) is 2. The van der Waals surface area contributed by atoms with Gasteiger partial charge in [0.05, 0.1) is 13.7 Å². The molecule has 0 saturated heterocycles. The summed E-state index contributed by atoms with van der Waals surface area (Å²) in [7, 11) is 1.59. The third kappa shape index (κ3) is 3.29. The topological polar surface area (TPSA) is 72.1 Å². The fraction of sp³-hybridized carbons (Fsp3) is 0.333. The van der Waals surface area contributed by atoms with Crippen LogP contribution in [0.2, 0.25) is 5.02 Å². The van der Waals surface area contributed by atoms with E-state index in [0.29, 0.717) is 35.6 Å². The van der Waals surface area contributed by atoms with Gasteiger partial charge in [-0.25, -0.2) is 10.1 Å². The smallest absolute Gasteiger partial charge is 0.218 e. The molecule has 0 bridgehead atoms. The summed E-state index contributed by atoms with van der Waals surface area (Å²) in [4.78, 5) is 3.99. The average Bonchev–Trinajstić information content (AvgIpc) is 2.91. The van der Waals surface area contributed by atoms with E-state index in [1.54, 1.807) is 13.2 Å². The van der Waals surface area contributed by atoms with Gasteiger partial charge in [0.2, 0.25) is 5.95 Å². The molecule has 0 spiro atoms. The summed E-state index contributed by atoms with van der Waals surface area (Å²) in [5.41, 5.74) is 0.891. The first kappa shape index (κ1) is 13.5. The second-order valence-corrected chi connectivity index (χ2v) is 4.15. The summed E-state index contributed by atoms with van der Waals surface area (Å²) in [6.45, 7) is 2.97. The number of anilines is 1. The maximum Gasteiger partial charge on any atom is 0.218 e. The van der Waals surface area contributed by atoms with Gasteiger partial charge in [-0.3, -0.25) is 0 Å². The average molecular weight is 283 g/mol. The van der Waals surface area contributed by atoms with Crippen molar-refractivity contribution < 1.29 is 9.47 Å². The van der Waals surface area contributed by atoms with Crippen molar-refractivity contribution >= 4 is 17.5 Å². The predicted octanol–water partition coefficient (Wildman–Crippen LogP) is 2.48. The monoisotopic (exact) mass is 282 g/mol. The number of hydrogen-bond acceptors (Lipinski definition) is 5. The molecule has 0 amide bonds. The van der Waals surface area contributed by atoms with Gasteiger partial charge in [0.25, 0.3) is 0 Å². The molecule has 2 rings (SSSR count). The van der Waals surface area contributed by atoms with Crippen LogP contribution < -0.4 is 14.8 Å². The van der Waals surface area contributed by atoms with E-state index in [9.17, 15) is 0 Å². The van der Waals surface area contributed by atoms with Crippen molar-refractivity contribution in [3.05, 3.63) is 29.0 Å². The van der Waals surface area contributed by atoms with Gasteiger partial charge in [0.1, 0.15) is 6.33 Å². The van der Waals surface area contributed by atoms with E-state index >= 15 is 0 Å². The minimum Gasteiger partial charge on any atom is -0.493 e. The molecule has 0 radical (unpaired) electrons. The van der Waals surface area contributed by atoms with Gasteiger partial charge in [-0.15, -0.1) is 0 Å². The predicted molar refractivity (Wildman–Crippen MR) is 72.9 cm³/mol. The lowest BCUT2D eigenvalue weighted by molar-refractivity contribution is 0.308. The van der Waals surface area contributed by atoms with E-state index in [1.807, 2.05) is 13.0 Å². The number of nitrogens with zero attached hydrogens (tertiary/aromatic N) is 2. The standard InChI is InChI=1S/C12H15ClN4O2/c1-3-19-11-8(4-9(13)5-10(11)18-2)6-14-12-15-7-16-17-12/h4-5,7H,3,6H2,1-2H3,(H2,14,15,16,17). The highest BCUT2D eigenvalue weighted by molar-refractivity contribution is 6.30. The van der Waals surface area contributed by atoms with E-state index in [2.05, 4.69) is 20.5 Å². The Morgan fingerprint density at radius 3 is 2.89 bits per heavy atom. The molecule has 0 atom stereocenters. The van der Waals surface area contributed by atoms with Crippen molar-refractivity contribution in [1.29, 1.82) is 0 Å². The van der Waals surface area contributed by atoms with E-state index in [-0.39, 0.29) is 0 Å². The highest BCUT2D eigenvalue weighted by Crippen LogP contribution is 2.35. The minimum atomic E-state index is 0.501. The summed E-state index contributed by atoms with van der Waals surface area (Å²) in [6.07, 6.45) is 1.43. The van der Waals surface area contributed by atoms with E-state index in [0.717, 1.165) is 5.56 Å². The number of methoxy groups -OCH3 is 1. The molecular formula is C12H15ClN4O2. The van der Waals surface area contributed by atoms with Gasteiger partial charge in [-0.05, 0) is 13.0 Å². The molecule has 19 heavy (non-hydrogen) atoms. The Kier molecular flexibility index (Phi) is 4.46. The zero-order valence-corrected chi connectivity index (χ0v) is 11.5. The maximum atomic E-state index is 6.06. The lowest BCUT2D eigenvalue weighted by atomic mass is 10.2. The number of benzene rings is 1.